The first-order valence-corrected chi connectivity index (χ1v) is 5.43. The van der Waals surface area contributed by atoms with Crippen LogP contribution in [0.25, 0.3) is 11.1 Å². The van der Waals surface area contributed by atoms with Gasteiger partial charge in [0, 0.05) is 5.69 Å². The lowest BCUT2D eigenvalue weighted by Gasteiger charge is -2.09. The molecule has 0 aliphatic rings. The van der Waals surface area contributed by atoms with E-state index in [0.29, 0.717) is 5.56 Å². The van der Waals surface area contributed by atoms with E-state index in [0.717, 1.165) is 12.1 Å². The Bertz CT molecular complexity index is 705. The number of halogens is 1. The van der Waals surface area contributed by atoms with Crippen molar-refractivity contribution < 1.29 is 14.3 Å². The van der Waals surface area contributed by atoms with Crippen molar-refractivity contribution in [1.82, 2.24) is 4.98 Å². The van der Waals surface area contributed by atoms with Crippen molar-refractivity contribution >= 4 is 5.91 Å². The number of carbonyl (C=O) groups excluding carboxylic acids is 1. The molecule has 0 atom stereocenters. The summed E-state index contributed by atoms with van der Waals surface area (Å²) in [6.07, 6.45) is 0. The molecule has 0 radical (unpaired) electrons. The first kappa shape index (κ1) is 12.8. The van der Waals surface area contributed by atoms with Gasteiger partial charge in [0.15, 0.2) is 0 Å². The Morgan fingerprint density at radius 1 is 1.32 bits per heavy atom. The molecule has 0 aliphatic heterocycles. The second kappa shape index (κ2) is 4.56. The molecule has 6 heteroatoms. The highest BCUT2D eigenvalue weighted by Gasteiger charge is 2.19. The maximum Gasteiger partial charge on any atom is 0.259 e. The molecule has 0 aliphatic carbocycles. The van der Waals surface area contributed by atoms with Crippen molar-refractivity contribution in [1.29, 1.82) is 0 Å². The fourth-order valence-corrected chi connectivity index (χ4v) is 1.89. The van der Waals surface area contributed by atoms with Crippen LogP contribution in [0.2, 0.25) is 0 Å². The Hall–Kier alpha value is -2.63. The van der Waals surface area contributed by atoms with E-state index in [4.69, 9.17) is 5.73 Å². The number of amides is 1. The first-order chi connectivity index (χ1) is 8.91. The highest BCUT2D eigenvalue weighted by molar-refractivity contribution is 5.98. The number of H-pyrrole nitrogens is 1. The molecule has 19 heavy (non-hydrogen) atoms. The summed E-state index contributed by atoms with van der Waals surface area (Å²) in [4.78, 5) is 25.6. The predicted molar refractivity (Wildman–Crippen MR) is 67.4 cm³/mol. The molecular weight excluding hydrogens is 251 g/mol. The number of aromatic nitrogens is 1. The summed E-state index contributed by atoms with van der Waals surface area (Å²) in [7, 11) is 0. The van der Waals surface area contributed by atoms with Crippen LogP contribution in [0, 0.1) is 12.7 Å². The zero-order valence-electron chi connectivity index (χ0n) is 10.0. The van der Waals surface area contributed by atoms with E-state index < -0.39 is 23.0 Å². The molecule has 0 saturated carbocycles. The van der Waals surface area contributed by atoms with Gasteiger partial charge in [-0.25, -0.2) is 4.39 Å². The van der Waals surface area contributed by atoms with Gasteiger partial charge in [-0.1, -0.05) is 12.1 Å². The van der Waals surface area contributed by atoms with Gasteiger partial charge in [0.2, 0.25) is 0 Å². The van der Waals surface area contributed by atoms with Crippen molar-refractivity contribution in [2.24, 2.45) is 5.73 Å². The van der Waals surface area contributed by atoms with E-state index in [1.165, 1.54) is 19.1 Å². The van der Waals surface area contributed by atoms with Gasteiger partial charge in [-0.2, -0.15) is 0 Å². The molecular formula is C13H11FN2O3. The molecule has 98 valence electrons. The quantitative estimate of drug-likeness (QED) is 0.760. The fourth-order valence-electron chi connectivity index (χ4n) is 1.89. The number of hydrogen-bond acceptors (Lipinski definition) is 3. The lowest BCUT2D eigenvalue weighted by molar-refractivity contribution is 0.0996. The summed E-state index contributed by atoms with van der Waals surface area (Å²) >= 11 is 0. The highest BCUT2D eigenvalue weighted by atomic mass is 19.1. The van der Waals surface area contributed by atoms with E-state index in [1.807, 2.05) is 0 Å². The molecule has 1 aromatic heterocycles. The van der Waals surface area contributed by atoms with Gasteiger partial charge < -0.3 is 15.8 Å². The van der Waals surface area contributed by atoms with Crippen LogP contribution in [0.4, 0.5) is 4.39 Å². The largest absolute Gasteiger partial charge is 0.506 e. The average molecular weight is 262 g/mol. The minimum atomic E-state index is -0.852. The van der Waals surface area contributed by atoms with E-state index >= 15 is 0 Å². The topological polar surface area (TPSA) is 96.2 Å². The van der Waals surface area contributed by atoms with E-state index in [9.17, 15) is 19.1 Å². The fraction of sp³-hybridized carbons (Fsp3) is 0.0769. The van der Waals surface area contributed by atoms with Gasteiger partial charge in [0.25, 0.3) is 11.5 Å². The lowest BCUT2D eigenvalue weighted by atomic mass is 10.0. The molecule has 2 aromatic rings. The van der Waals surface area contributed by atoms with Crippen LogP contribution in [-0.4, -0.2) is 16.0 Å². The zero-order valence-corrected chi connectivity index (χ0v) is 10.0. The van der Waals surface area contributed by atoms with Gasteiger partial charge in [0.05, 0.1) is 5.56 Å². The van der Waals surface area contributed by atoms with Crippen LogP contribution in [0.1, 0.15) is 16.1 Å². The van der Waals surface area contributed by atoms with Gasteiger partial charge >= 0.3 is 0 Å². The van der Waals surface area contributed by atoms with Crippen molar-refractivity contribution in [3.8, 4) is 16.9 Å². The average Bonchev–Trinajstić information content (AvgIpc) is 2.30. The number of primary amides is 1. The Kier molecular flexibility index (Phi) is 3.08. The summed E-state index contributed by atoms with van der Waals surface area (Å²) in [5.41, 5.74) is 4.79. The Labute approximate surface area is 107 Å². The maximum absolute atomic E-state index is 12.9. The summed E-state index contributed by atoms with van der Waals surface area (Å²) in [6, 6.07) is 4.97. The molecule has 0 saturated heterocycles. The summed E-state index contributed by atoms with van der Waals surface area (Å²) in [5, 5.41) is 10.0. The van der Waals surface area contributed by atoms with E-state index in [1.54, 1.807) is 0 Å². The molecule has 0 fully saturated rings. The lowest BCUT2D eigenvalue weighted by Crippen LogP contribution is -2.20. The van der Waals surface area contributed by atoms with Crippen LogP contribution >= 0.6 is 0 Å². The monoisotopic (exact) mass is 262 g/mol. The number of aromatic hydroxyl groups is 1. The number of aryl methyl sites for hydroxylation is 1. The number of pyridine rings is 1. The van der Waals surface area contributed by atoms with Crippen molar-refractivity contribution in [3.63, 3.8) is 0 Å². The SMILES string of the molecule is Cc1[nH]c(=O)c(-c2ccc(F)cc2)c(O)c1C(N)=O. The van der Waals surface area contributed by atoms with Gasteiger partial charge in [0.1, 0.15) is 17.1 Å². The van der Waals surface area contributed by atoms with Crippen LogP contribution in [0.3, 0.4) is 0 Å². The maximum atomic E-state index is 12.9. The minimum absolute atomic E-state index is 0.112. The molecule has 1 amide bonds. The number of nitrogens with two attached hydrogens (primary N) is 1. The third kappa shape index (κ3) is 2.20. The Balaban J connectivity index is 2.77. The number of rotatable bonds is 2. The Morgan fingerprint density at radius 3 is 2.42 bits per heavy atom. The van der Waals surface area contributed by atoms with Crippen molar-refractivity contribution in [3.05, 3.63) is 51.7 Å². The van der Waals surface area contributed by atoms with Gasteiger partial charge in [-0.05, 0) is 24.6 Å². The predicted octanol–water partition coefficient (Wildman–Crippen LogP) is 1.29. The molecule has 0 spiro atoms. The van der Waals surface area contributed by atoms with Crippen LogP contribution in [0.15, 0.2) is 29.1 Å². The number of aromatic amines is 1. The number of carbonyl (C=O) groups is 1. The van der Waals surface area contributed by atoms with Crippen molar-refractivity contribution in [2.75, 3.05) is 0 Å². The second-order valence-corrected chi connectivity index (χ2v) is 4.05. The Morgan fingerprint density at radius 2 is 1.89 bits per heavy atom. The summed E-state index contributed by atoms with van der Waals surface area (Å²) in [5.74, 6) is -1.82. The summed E-state index contributed by atoms with van der Waals surface area (Å²) < 4.78 is 12.9. The molecule has 5 nitrogen and oxygen atoms in total. The zero-order chi connectivity index (χ0) is 14.2. The number of nitrogens with one attached hydrogen (secondary N) is 1. The first-order valence-electron chi connectivity index (χ1n) is 5.43. The standard InChI is InChI=1S/C13H11FN2O3/c1-6-9(12(15)18)11(17)10(13(19)16-6)7-2-4-8(14)5-3-7/h2-5H,1H3,(H2,15,18)(H2,16,17,19). The van der Waals surface area contributed by atoms with Gasteiger partial charge in [-0.15, -0.1) is 0 Å². The highest BCUT2D eigenvalue weighted by Crippen LogP contribution is 2.29. The smallest absolute Gasteiger partial charge is 0.259 e. The van der Waals surface area contributed by atoms with E-state index in [-0.39, 0.29) is 16.8 Å². The van der Waals surface area contributed by atoms with Crippen molar-refractivity contribution in [2.45, 2.75) is 6.92 Å². The van der Waals surface area contributed by atoms with Crippen LogP contribution in [-0.2, 0) is 0 Å². The molecule has 1 heterocycles. The number of benzene rings is 1. The molecule has 2 rings (SSSR count). The summed E-state index contributed by atoms with van der Waals surface area (Å²) in [6.45, 7) is 1.45. The minimum Gasteiger partial charge on any atom is -0.506 e. The molecule has 4 N–H and O–H groups in total. The number of hydrogen-bond donors (Lipinski definition) is 3. The van der Waals surface area contributed by atoms with Gasteiger partial charge in [-0.3, -0.25) is 9.59 Å². The van der Waals surface area contributed by atoms with Crippen LogP contribution in [0.5, 0.6) is 5.75 Å². The molecule has 0 unspecified atom stereocenters. The third-order valence-corrected chi connectivity index (χ3v) is 2.76. The van der Waals surface area contributed by atoms with E-state index in [2.05, 4.69) is 4.98 Å². The molecule has 1 aromatic carbocycles. The van der Waals surface area contributed by atoms with Crippen LogP contribution < -0.4 is 11.3 Å². The normalized spacial score (nSPS) is 10.4. The third-order valence-electron chi connectivity index (χ3n) is 2.76. The molecule has 0 bridgehead atoms. The second-order valence-electron chi connectivity index (χ2n) is 4.05.